The monoisotopic (exact) mass is 161 g/mol. The topological polar surface area (TPSA) is 51.8 Å². The number of nitrogens with zero attached hydrogens (tertiary/aromatic N) is 2. The summed E-state index contributed by atoms with van der Waals surface area (Å²) < 4.78 is 4.76. The summed E-state index contributed by atoms with van der Waals surface area (Å²) in [6.07, 6.45) is 1.54. The van der Waals surface area contributed by atoms with Gasteiger partial charge in [0.1, 0.15) is 6.33 Å². The number of hydrogen-bond donors (Lipinski definition) is 1. The summed E-state index contributed by atoms with van der Waals surface area (Å²) in [5.74, 6) is 0. The molecule has 5 heteroatoms. The quantitative estimate of drug-likeness (QED) is 0.518. The molecule has 0 saturated heterocycles. The van der Waals surface area contributed by atoms with Crippen LogP contribution in [-0.4, -0.2) is 14.7 Å². The van der Waals surface area contributed by atoms with Gasteiger partial charge in [0, 0.05) is 0 Å². The molecule has 2 N–H and O–H groups in total. The normalized spacial score (nSPS) is 13.6. The van der Waals surface area contributed by atoms with Crippen molar-refractivity contribution in [2.24, 2.45) is 5.73 Å². The van der Waals surface area contributed by atoms with Crippen LogP contribution in [0.15, 0.2) is 10.7 Å². The van der Waals surface area contributed by atoms with Crippen molar-refractivity contribution in [2.75, 3.05) is 0 Å². The first-order valence-corrected chi connectivity index (χ1v) is 4.13. The Kier molecular flexibility index (Phi) is 2.44. The van der Waals surface area contributed by atoms with Crippen LogP contribution >= 0.6 is 23.3 Å². The van der Waals surface area contributed by atoms with E-state index in [-0.39, 0.29) is 5.37 Å². The minimum Gasteiger partial charge on any atom is -0.319 e. The molecule has 0 aliphatic rings. The molecule has 1 aromatic rings. The van der Waals surface area contributed by atoms with Gasteiger partial charge in [-0.15, -0.1) is 0 Å². The fourth-order valence-electron chi connectivity index (χ4n) is 0.374. The first-order chi connectivity index (χ1) is 4.29. The summed E-state index contributed by atoms with van der Waals surface area (Å²) in [7, 11) is 0. The van der Waals surface area contributed by atoms with E-state index >= 15 is 0 Å². The molecular formula is C4H7N3S2. The molecule has 1 unspecified atom stereocenters. The van der Waals surface area contributed by atoms with Gasteiger partial charge in [-0.1, -0.05) is 11.8 Å². The van der Waals surface area contributed by atoms with Crippen molar-refractivity contribution in [3.05, 3.63) is 6.33 Å². The van der Waals surface area contributed by atoms with Gasteiger partial charge in [-0.2, -0.15) is 4.37 Å². The molecule has 0 aliphatic carbocycles. The highest BCUT2D eigenvalue weighted by atomic mass is 32.2. The summed E-state index contributed by atoms with van der Waals surface area (Å²) in [5.41, 5.74) is 5.49. The molecule has 1 rings (SSSR count). The Bertz CT molecular complexity index is 160. The van der Waals surface area contributed by atoms with E-state index in [0.29, 0.717) is 0 Å². The maximum Gasteiger partial charge on any atom is 0.171 e. The van der Waals surface area contributed by atoms with E-state index in [1.165, 1.54) is 29.6 Å². The standard InChI is InChI=1S/C4H7N3S2/c1-3(5)8-4-6-2-7-9-4/h2-3H,5H2,1H3. The zero-order valence-electron chi connectivity index (χ0n) is 4.94. The third-order valence-electron chi connectivity index (χ3n) is 0.628. The second-order valence-electron chi connectivity index (χ2n) is 1.53. The van der Waals surface area contributed by atoms with Crippen LogP contribution in [0.2, 0.25) is 0 Å². The Morgan fingerprint density at radius 1 is 1.89 bits per heavy atom. The number of rotatable bonds is 2. The van der Waals surface area contributed by atoms with Crippen LogP contribution in [0.25, 0.3) is 0 Å². The number of aromatic nitrogens is 2. The Balaban J connectivity index is 2.48. The molecule has 0 amide bonds. The Hall–Kier alpha value is -0.130. The Labute approximate surface area is 61.8 Å². The second-order valence-corrected chi connectivity index (χ2v) is 3.93. The molecule has 0 spiro atoms. The lowest BCUT2D eigenvalue weighted by Crippen LogP contribution is -2.08. The molecule has 3 nitrogen and oxygen atoms in total. The summed E-state index contributed by atoms with van der Waals surface area (Å²) in [5, 5.41) is 0.109. The van der Waals surface area contributed by atoms with Gasteiger partial charge < -0.3 is 5.73 Å². The molecule has 0 aliphatic heterocycles. The fraction of sp³-hybridized carbons (Fsp3) is 0.500. The van der Waals surface area contributed by atoms with Gasteiger partial charge in [0.15, 0.2) is 4.34 Å². The molecule has 1 atom stereocenters. The third kappa shape index (κ3) is 2.30. The number of nitrogens with two attached hydrogens (primary N) is 1. The van der Waals surface area contributed by atoms with Crippen molar-refractivity contribution in [3.63, 3.8) is 0 Å². The zero-order chi connectivity index (χ0) is 6.69. The smallest absolute Gasteiger partial charge is 0.171 e. The Morgan fingerprint density at radius 2 is 2.67 bits per heavy atom. The molecule has 0 fully saturated rings. The Morgan fingerprint density at radius 3 is 3.11 bits per heavy atom. The maximum atomic E-state index is 5.49. The van der Waals surface area contributed by atoms with Crippen LogP contribution in [0.1, 0.15) is 6.92 Å². The SMILES string of the molecule is CC(N)Sc1ncns1. The van der Waals surface area contributed by atoms with Gasteiger partial charge in [-0.3, -0.25) is 0 Å². The van der Waals surface area contributed by atoms with Crippen LogP contribution in [0.3, 0.4) is 0 Å². The number of thioether (sulfide) groups is 1. The van der Waals surface area contributed by atoms with Crippen LogP contribution in [0.4, 0.5) is 0 Å². The van der Waals surface area contributed by atoms with Gasteiger partial charge in [-0.05, 0) is 18.5 Å². The third-order valence-corrected chi connectivity index (χ3v) is 2.28. The number of hydrogen-bond acceptors (Lipinski definition) is 5. The lowest BCUT2D eigenvalue weighted by Gasteiger charge is -1.96. The average Bonchev–Trinajstić information content (AvgIpc) is 2.15. The summed E-state index contributed by atoms with van der Waals surface area (Å²) in [6.45, 7) is 1.92. The predicted octanol–water partition coefficient (Wildman–Crippen LogP) is 0.935. The average molecular weight is 161 g/mol. The highest BCUT2D eigenvalue weighted by Gasteiger charge is 1.99. The fourth-order valence-corrected chi connectivity index (χ4v) is 1.84. The van der Waals surface area contributed by atoms with E-state index in [9.17, 15) is 0 Å². The highest BCUT2D eigenvalue weighted by Crippen LogP contribution is 2.19. The molecule has 50 valence electrons. The predicted molar refractivity (Wildman–Crippen MR) is 39.4 cm³/mol. The van der Waals surface area contributed by atoms with Crippen molar-refractivity contribution in [3.8, 4) is 0 Å². The maximum absolute atomic E-state index is 5.49. The van der Waals surface area contributed by atoms with E-state index < -0.39 is 0 Å². The second kappa shape index (κ2) is 3.14. The van der Waals surface area contributed by atoms with Crippen molar-refractivity contribution >= 4 is 23.3 Å². The molecule has 1 heterocycles. The van der Waals surface area contributed by atoms with E-state index in [2.05, 4.69) is 9.36 Å². The van der Waals surface area contributed by atoms with Crippen molar-refractivity contribution < 1.29 is 0 Å². The molecular weight excluding hydrogens is 154 g/mol. The first kappa shape index (κ1) is 6.98. The largest absolute Gasteiger partial charge is 0.319 e. The minimum atomic E-state index is 0.109. The van der Waals surface area contributed by atoms with Crippen LogP contribution < -0.4 is 5.73 Å². The van der Waals surface area contributed by atoms with Crippen LogP contribution in [0.5, 0.6) is 0 Å². The van der Waals surface area contributed by atoms with Gasteiger partial charge in [0.2, 0.25) is 0 Å². The molecule has 0 radical (unpaired) electrons. The van der Waals surface area contributed by atoms with Gasteiger partial charge in [0.25, 0.3) is 0 Å². The summed E-state index contributed by atoms with van der Waals surface area (Å²) in [4.78, 5) is 3.95. The van der Waals surface area contributed by atoms with Gasteiger partial charge in [-0.25, -0.2) is 4.98 Å². The van der Waals surface area contributed by atoms with Gasteiger partial charge in [0.05, 0.1) is 5.37 Å². The molecule has 1 aromatic heterocycles. The zero-order valence-corrected chi connectivity index (χ0v) is 6.58. The van der Waals surface area contributed by atoms with E-state index in [1.54, 1.807) is 0 Å². The van der Waals surface area contributed by atoms with Crippen molar-refractivity contribution in [1.29, 1.82) is 0 Å². The molecule has 9 heavy (non-hydrogen) atoms. The minimum absolute atomic E-state index is 0.109. The van der Waals surface area contributed by atoms with Gasteiger partial charge >= 0.3 is 0 Å². The van der Waals surface area contributed by atoms with Crippen LogP contribution in [-0.2, 0) is 0 Å². The summed E-state index contributed by atoms with van der Waals surface area (Å²) in [6, 6.07) is 0. The van der Waals surface area contributed by atoms with Crippen molar-refractivity contribution in [2.45, 2.75) is 16.6 Å². The lowest BCUT2D eigenvalue weighted by molar-refractivity contribution is 1.04. The van der Waals surface area contributed by atoms with E-state index in [0.717, 1.165) is 4.34 Å². The molecule has 0 saturated carbocycles. The molecule has 0 aromatic carbocycles. The van der Waals surface area contributed by atoms with Crippen molar-refractivity contribution in [1.82, 2.24) is 9.36 Å². The summed E-state index contributed by atoms with van der Waals surface area (Å²) >= 11 is 2.90. The molecule has 0 bridgehead atoms. The van der Waals surface area contributed by atoms with E-state index in [4.69, 9.17) is 5.73 Å². The lowest BCUT2D eigenvalue weighted by atomic mass is 10.8. The first-order valence-electron chi connectivity index (χ1n) is 2.48. The van der Waals surface area contributed by atoms with Crippen LogP contribution in [0, 0.1) is 0 Å². The highest BCUT2D eigenvalue weighted by molar-refractivity contribution is 8.01. The van der Waals surface area contributed by atoms with E-state index in [1.807, 2.05) is 6.92 Å².